The van der Waals surface area contributed by atoms with E-state index in [0.29, 0.717) is 0 Å². The zero-order valence-corrected chi connectivity index (χ0v) is 9.42. The van der Waals surface area contributed by atoms with E-state index in [1.807, 2.05) is 19.2 Å². The Morgan fingerprint density at radius 3 is 2.29 bits per heavy atom. The molecule has 0 amide bonds. The molecule has 0 aliphatic heterocycles. The predicted octanol–water partition coefficient (Wildman–Crippen LogP) is 2.37. The molecule has 78 valence electrons. The second-order valence-electron chi connectivity index (χ2n) is 4.21. The Kier molecular flexibility index (Phi) is 3.53. The molecule has 0 bridgehead atoms. The number of ether oxygens (including phenoxy) is 1. The van der Waals surface area contributed by atoms with Crippen LogP contribution in [0.4, 0.5) is 0 Å². The van der Waals surface area contributed by atoms with Crippen LogP contribution in [-0.4, -0.2) is 19.2 Å². The number of nitrogens with one attached hydrogen (secondary N) is 1. The third-order valence-electron chi connectivity index (χ3n) is 2.02. The molecule has 0 aromatic heterocycles. The maximum atomic E-state index is 5.83. The monoisotopic (exact) mass is 193 g/mol. The van der Waals surface area contributed by atoms with Gasteiger partial charge < -0.3 is 10.1 Å². The van der Waals surface area contributed by atoms with Crippen molar-refractivity contribution >= 4 is 0 Å². The topological polar surface area (TPSA) is 21.3 Å². The molecule has 0 aliphatic carbocycles. The number of hydrogen-bond donors (Lipinski definition) is 1. The molecule has 0 heterocycles. The first-order chi connectivity index (χ1) is 6.53. The largest absolute Gasteiger partial charge is 0.487 e. The molecule has 0 aliphatic rings. The molecular formula is C12H19NO. The molecule has 0 unspecified atom stereocenters. The highest BCUT2D eigenvalue weighted by atomic mass is 16.5. The highest BCUT2D eigenvalue weighted by molar-refractivity contribution is 5.26. The van der Waals surface area contributed by atoms with Gasteiger partial charge in [-0.05, 0) is 40.0 Å². The van der Waals surface area contributed by atoms with Gasteiger partial charge in [-0.3, -0.25) is 0 Å². The van der Waals surface area contributed by atoms with Crippen molar-refractivity contribution in [1.29, 1.82) is 0 Å². The van der Waals surface area contributed by atoms with Gasteiger partial charge in [0.25, 0.3) is 0 Å². The zero-order valence-electron chi connectivity index (χ0n) is 9.42. The van der Waals surface area contributed by atoms with E-state index in [1.165, 1.54) is 5.56 Å². The fraction of sp³-hybridized carbons (Fsp3) is 0.500. The van der Waals surface area contributed by atoms with Gasteiger partial charge in [0.2, 0.25) is 0 Å². The van der Waals surface area contributed by atoms with E-state index in [4.69, 9.17) is 4.74 Å². The Balaban J connectivity index is 2.64. The van der Waals surface area contributed by atoms with Gasteiger partial charge in [-0.1, -0.05) is 17.7 Å². The first-order valence-electron chi connectivity index (χ1n) is 4.94. The van der Waals surface area contributed by atoms with Gasteiger partial charge in [-0.2, -0.15) is 0 Å². The molecule has 0 saturated carbocycles. The van der Waals surface area contributed by atoms with E-state index in [9.17, 15) is 0 Å². The second kappa shape index (κ2) is 4.47. The van der Waals surface area contributed by atoms with Crippen LogP contribution in [0.1, 0.15) is 19.4 Å². The van der Waals surface area contributed by atoms with E-state index >= 15 is 0 Å². The van der Waals surface area contributed by atoms with Crippen molar-refractivity contribution in [1.82, 2.24) is 5.32 Å². The minimum absolute atomic E-state index is 0.163. The van der Waals surface area contributed by atoms with Crippen LogP contribution in [0.15, 0.2) is 24.3 Å². The third-order valence-corrected chi connectivity index (χ3v) is 2.02. The molecule has 0 saturated heterocycles. The molecule has 14 heavy (non-hydrogen) atoms. The van der Waals surface area contributed by atoms with Gasteiger partial charge in [-0.25, -0.2) is 0 Å². The lowest BCUT2D eigenvalue weighted by Crippen LogP contribution is -2.38. The summed E-state index contributed by atoms with van der Waals surface area (Å²) >= 11 is 0. The third kappa shape index (κ3) is 3.38. The maximum Gasteiger partial charge on any atom is 0.120 e. The Labute approximate surface area is 86.3 Å². The quantitative estimate of drug-likeness (QED) is 0.792. The number of benzene rings is 1. The molecule has 0 spiro atoms. The van der Waals surface area contributed by atoms with Crippen molar-refractivity contribution in [3.63, 3.8) is 0 Å². The van der Waals surface area contributed by atoms with Crippen LogP contribution in [0, 0.1) is 6.92 Å². The summed E-state index contributed by atoms with van der Waals surface area (Å²) in [4.78, 5) is 0. The van der Waals surface area contributed by atoms with Crippen molar-refractivity contribution < 1.29 is 4.74 Å². The lowest BCUT2D eigenvalue weighted by atomic mass is 10.1. The molecule has 2 heteroatoms. The van der Waals surface area contributed by atoms with E-state index < -0.39 is 0 Å². The molecule has 2 nitrogen and oxygen atoms in total. The Morgan fingerprint density at radius 1 is 1.21 bits per heavy atom. The fourth-order valence-corrected chi connectivity index (χ4v) is 1.39. The smallest absolute Gasteiger partial charge is 0.120 e. The van der Waals surface area contributed by atoms with Crippen molar-refractivity contribution in [3.05, 3.63) is 29.8 Å². The molecule has 0 atom stereocenters. The lowest BCUT2D eigenvalue weighted by molar-refractivity contribution is 0.110. The van der Waals surface area contributed by atoms with Crippen LogP contribution in [-0.2, 0) is 0 Å². The Bertz CT molecular complexity index is 277. The van der Waals surface area contributed by atoms with Crippen molar-refractivity contribution in [2.24, 2.45) is 0 Å². The van der Waals surface area contributed by atoms with Gasteiger partial charge in [0, 0.05) is 6.54 Å². The minimum Gasteiger partial charge on any atom is -0.487 e. The van der Waals surface area contributed by atoms with Gasteiger partial charge in [0.15, 0.2) is 0 Å². The Hall–Kier alpha value is -1.02. The maximum absolute atomic E-state index is 5.83. The summed E-state index contributed by atoms with van der Waals surface area (Å²) in [5.74, 6) is 0.927. The van der Waals surface area contributed by atoms with Gasteiger partial charge in [0.1, 0.15) is 11.4 Å². The van der Waals surface area contributed by atoms with Crippen LogP contribution in [0.2, 0.25) is 0 Å². The van der Waals surface area contributed by atoms with Crippen molar-refractivity contribution in [2.75, 3.05) is 13.6 Å². The molecule has 1 N–H and O–H groups in total. The molecular weight excluding hydrogens is 174 g/mol. The van der Waals surface area contributed by atoms with Crippen LogP contribution < -0.4 is 10.1 Å². The van der Waals surface area contributed by atoms with Gasteiger partial charge in [-0.15, -0.1) is 0 Å². The predicted molar refractivity (Wildman–Crippen MR) is 59.8 cm³/mol. The summed E-state index contributed by atoms with van der Waals surface area (Å²) in [5, 5.41) is 3.11. The Morgan fingerprint density at radius 2 is 1.79 bits per heavy atom. The highest BCUT2D eigenvalue weighted by Gasteiger charge is 2.18. The first kappa shape index (κ1) is 11.1. The van der Waals surface area contributed by atoms with E-state index in [-0.39, 0.29) is 5.60 Å². The number of rotatable bonds is 4. The van der Waals surface area contributed by atoms with Gasteiger partial charge >= 0.3 is 0 Å². The first-order valence-corrected chi connectivity index (χ1v) is 4.94. The minimum atomic E-state index is -0.163. The molecule has 1 rings (SSSR count). The molecule has 1 aromatic carbocycles. The van der Waals surface area contributed by atoms with Crippen LogP contribution in [0.25, 0.3) is 0 Å². The van der Waals surface area contributed by atoms with Crippen LogP contribution in [0.5, 0.6) is 5.75 Å². The van der Waals surface area contributed by atoms with E-state index in [2.05, 4.69) is 38.2 Å². The summed E-state index contributed by atoms with van der Waals surface area (Å²) in [7, 11) is 1.93. The summed E-state index contributed by atoms with van der Waals surface area (Å²) in [6.07, 6.45) is 0. The highest BCUT2D eigenvalue weighted by Crippen LogP contribution is 2.18. The standard InChI is InChI=1S/C12H19NO/c1-10-5-7-11(8-6-10)14-12(2,3)9-13-4/h5-8,13H,9H2,1-4H3. The van der Waals surface area contributed by atoms with E-state index in [1.54, 1.807) is 0 Å². The lowest BCUT2D eigenvalue weighted by Gasteiger charge is -2.26. The average molecular weight is 193 g/mol. The van der Waals surface area contributed by atoms with Crippen molar-refractivity contribution in [3.8, 4) is 5.75 Å². The normalized spacial score (nSPS) is 11.4. The summed E-state index contributed by atoms with van der Waals surface area (Å²) in [5.41, 5.74) is 1.09. The van der Waals surface area contributed by atoms with Crippen LogP contribution in [0.3, 0.4) is 0 Å². The van der Waals surface area contributed by atoms with E-state index in [0.717, 1.165) is 12.3 Å². The molecule has 0 fully saturated rings. The summed E-state index contributed by atoms with van der Waals surface area (Å²) in [6.45, 7) is 7.05. The number of likely N-dealkylation sites (N-methyl/N-ethyl adjacent to an activating group) is 1. The summed E-state index contributed by atoms with van der Waals surface area (Å²) < 4.78 is 5.83. The number of aryl methyl sites for hydroxylation is 1. The summed E-state index contributed by atoms with van der Waals surface area (Å²) in [6, 6.07) is 8.13. The second-order valence-corrected chi connectivity index (χ2v) is 4.21. The van der Waals surface area contributed by atoms with Gasteiger partial charge in [0.05, 0.1) is 0 Å². The van der Waals surface area contributed by atoms with Crippen molar-refractivity contribution in [2.45, 2.75) is 26.4 Å². The average Bonchev–Trinajstić information content (AvgIpc) is 2.08. The number of hydrogen-bond acceptors (Lipinski definition) is 2. The zero-order chi connectivity index (χ0) is 10.6. The molecule has 0 radical (unpaired) electrons. The van der Waals surface area contributed by atoms with Crippen LogP contribution >= 0.6 is 0 Å². The SMILES string of the molecule is CNCC(C)(C)Oc1ccc(C)cc1. The fourth-order valence-electron chi connectivity index (χ4n) is 1.39. The molecule has 1 aromatic rings.